The molecule has 1 saturated carbocycles. The molecule has 1 unspecified atom stereocenters. The Kier molecular flexibility index (Phi) is 7.82. The molecule has 3 aromatic carbocycles. The van der Waals surface area contributed by atoms with E-state index in [1.165, 1.54) is 6.42 Å². The number of amides is 2. The number of anilines is 1. The summed E-state index contributed by atoms with van der Waals surface area (Å²) < 4.78 is 10.6. The molecule has 0 bridgehead atoms. The van der Waals surface area contributed by atoms with Crippen LogP contribution in [0.15, 0.2) is 66.7 Å². The summed E-state index contributed by atoms with van der Waals surface area (Å²) in [5, 5.41) is 6.57. The van der Waals surface area contributed by atoms with Crippen molar-refractivity contribution >= 4 is 17.5 Å². The zero-order valence-electron chi connectivity index (χ0n) is 22.0. The van der Waals surface area contributed by atoms with Gasteiger partial charge in [0.05, 0.1) is 14.2 Å². The van der Waals surface area contributed by atoms with E-state index in [4.69, 9.17) is 9.47 Å². The Morgan fingerprint density at radius 3 is 2.39 bits per heavy atom. The van der Waals surface area contributed by atoms with Crippen molar-refractivity contribution in [3.05, 3.63) is 89.0 Å². The zero-order chi connectivity index (χ0) is 26.5. The van der Waals surface area contributed by atoms with E-state index in [0.717, 1.165) is 48.1 Å². The lowest BCUT2D eigenvalue weighted by molar-refractivity contribution is 0.0600. The van der Waals surface area contributed by atoms with Crippen LogP contribution in [0.2, 0.25) is 0 Å². The van der Waals surface area contributed by atoms with Gasteiger partial charge in [-0.05, 0) is 67.3 Å². The highest BCUT2D eigenvalue weighted by molar-refractivity contribution is 6.00. The van der Waals surface area contributed by atoms with E-state index in [1.54, 1.807) is 14.2 Å². The number of nitrogens with one attached hydrogen (secondary N) is 2. The van der Waals surface area contributed by atoms with Crippen LogP contribution in [0.4, 0.5) is 5.69 Å². The SMILES string of the molecule is COc1ccc(CCNC(=O)c2ccc(NC3c4ccccc4C(=O)N3C3CCCCC3)cc2)cc1OC. The number of benzene rings is 3. The minimum Gasteiger partial charge on any atom is -0.493 e. The summed E-state index contributed by atoms with van der Waals surface area (Å²) in [7, 11) is 3.22. The Morgan fingerprint density at radius 1 is 0.921 bits per heavy atom. The largest absolute Gasteiger partial charge is 0.493 e. The van der Waals surface area contributed by atoms with Crippen molar-refractivity contribution in [3.63, 3.8) is 0 Å². The van der Waals surface area contributed by atoms with E-state index in [-0.39, 0.29) is 24.0 Å². The Morgan fingerprint density at radius 2 is 1.66 bits per heavy atom. The van der Waals surface area contributed by atoms with Gasteiger partial charge in [-0.15, -0.1) is 0 Å². The lowest BCUT2D eigenvalue weighted by atomic mass is 9.94. The summed E-state index contributed by atoms with van der Waals surface area (Å²) in [6.45, 7) is 0.506. The number of carbonyl (C=O) groups excluding carboxylic acids is 2. The molecule has 2 aliphatic rings. The topological polar surface area (TPSA) is 79.9 Å². The van der Waals surface area contributed by atoms with E-state index in [0.29, 0.717) is 30.0 Å². The van der Waals surface area contributed by atoms with Gasteiger partial charge < -0.3 is 25.0 Å². The number of rotatable bonds is 9. The van der Waals surface area contributed by atoms with Crippen molar-refractivity contribution < 1.29 is 19.1 Å². The summed E-state index contributed by atoms with van der Waals surface area (Å²) in [4.78, 5) is 28.1. The average Bonchev–Trinajstić information content (AvgIpc) is 3.24. The van der Waals surface area contributed by atoms with Gasteiger partial charge in [-0.1, -0.05) is 43.5 Å². The van der Waals surface area contributed by atoms with Crippen molar-refractivity contribution in [2.24, 2.45) is 0 Å². The van der Waals surface area contributed by atoms with Gasteiger partial charge in [-0.2, -0.15) is 0 Å². The standard InChI is InChI=1S/C31H35N3O4/c1-37-27-17-12-21(20-28(27)38-2)18-19-32-30(35)22-13-15-23(16-14-22)33-29-25-10-6-7-11-26(25)31(36)34(29)24-8-4-3-5-9-24/h6-7,10-17,20,24,29,33H,3-5,8-9,18-19H2,1-2H3,(H,32,35). The predicted molar refractivity (Wildman–Crippen MR) is 148 cm³/mol. The number of methoxy groups -OCH3 is 2. The fourth-order valence-corrected chi connectivity index (χ4v) is 5.55. The number of hydrogen-bond donors (Lipinski definition) is 2. The molecular weight excluding hydrogens is 478 g/mol. The zero-order valence-corrected chi connectivity index (χ0v) is 22.0. The summed E-state index contributed by atoms with van der Waals surface area (Å²) in [6, 6.07) is 21.3. The van der Waals surface area contributed by atoms with Gasteiger partial charge in [0, 0.05) is 35.0 Å². The second-order valence-corrected chi connectivity index (χ2v) is 9.91. The molecule has 0 spiro atoms. The third kappa shape index (κ3) is 5.32. The second kappa shape index (κ2) is 11.6. The first-order chi connectivity index (χ1) is 18.6. The summed E-state index contributed by atoms with van der Waals surface area (Å²) in [5.41, 5.74) is 4.31. The molecule has 1 aliphatic heterocycles. The van der Waals surface area contributed by atoms with Gasteiger partial charge in [0.1, 0.15) is 6.17 Å². The maximum absolute atomic E-state index is 13.3. The van der Waals surface area contributed by atoms with E-state index in [1.807, 2.05) is 71.6 Å². The predicted octanol–water partition coefficient (Wildman–Crippen LogP) is 5.58. The third-order valence-corrected chi connectivity index (χ3v) is 7.56. The Balaban J connectivity index is 1.22. The molecule has 0 saturated heterocycles. The molecule has 7 nitrogen and oxygen atoms in total. The number of nitrogens with zero attached hydrogens (tertiary/aromatic N) is 1. The fraction of sp³-hybridized carbons (Fsp3) is 0.355. The van der Waals surface area contributed by atoms with Crippen LogP contribution in [-0.4, -0.2) is 43.5 Å². The van der Waals surface area contributed by atoms with Crippen molar-refractivity contribution in [2.75, 3.05) is 26.1 Å². The van der Waals surface area contributed by atoms with Crippen LogP contribution in [-0.2, 0) is 6.42 Å². The first-order valence-electron chi connectivity index (χ1n) is 13.4. The highest BCUT2D eigenvalue weighted by Crippen LogP contribution is 2.39. The van der Waals surface area contributed by atoms with E-state index < -0.39 is 0 Å². The molecule has 2 N–H and O–H groups in total. The smallest absolute Gasteiger partial charge is 0.256 e. The van der Waals surface area contributed by atoms with E-state index in [9.17, 15) is 9.59 Å². The van der Waals surface area contributed by atoms with Gasteiger partial charge in [0.15, 0.2) is 11.5 Å². The first kappa shape index (κ1) is 25.6. The minimum atomic E-state index is -0.206. The van der Waals surface area contributed by atoms with Crippen molar-refractivity contribution in [1.82, 2.24) is 10.2 Å². The van der Waals surface area contributed by atoms with Gasteiger partial charge in [0.25, 0.3) is 11.8 Å². The van der Waals surface area contributed by atoms with Crippen LogP contribution in [0.3, 0.4) is 0 Å². The quantitative estimate of drug-likeness (QED) is 0.391. The lowest BCUT2D eigenvalue weighted by Gasteiger charge is -2.36. The summed E-state index contributed by atoms with van der Waals surface area (Å²) in [6.07, 6.45) is 6.11. The molecule has 1 atom stereocenters. The highest BCUT2D eigenvalue weighted by atomic mass is 16.5. The van der Waals surface area contributed by atoms with Crippen LogP contribution in [0.1, 0.15) is 70.1 Å². The fourth-order valence-electron chi connectivity index (χ4n) is 5.55. The normalized spacial score (nSPS) is 17.2. The molecule has 3 aromatic rings. The molecule has 2 amide bonds. The highest BCUT2D eigenvalue weighted by Gasteiger charge is 2.40. The number of hydrogen-bond acceptors (Lipinski definition) is 5. The average molecular weight is 514 g/mol. The Bertz CT molecular complexity index is 1280. The minimum absolute atomic E-state index is 0.107. The molecule has 38 heavy (non-hydrogen) atoms. The van der Waals surface area contributed by atoms with Gasteiger partial charge in [-0.3, -0.25) is 9.59 Å². The van der Waals surface area contributed by atoms with Gasteiger partial charge >= 0.3 is 0 Å². The second-order valence-electron chi connectivity index (χ2n) is 9.91. The summed E-state index contributed by atoms with van der Waals surface area (Å²) >= 11 is 0. The monoisotopic (exact) mass is 513 g/mol. The number of fused-ring (bicyclic) bond motifs is 1. The van der Waals surface area contributed by atoms with Crippen LogP contribution in [0.5, 0.6) is 11.5 Å². The van der Waals surface area contributed by atoms with Gasteiger partial charge in [-0.25, -0.2) is 0 Å². The molecule has 1 fully saturated rings. The first-order valence-corrected chi connectivity index (χ1v) is 13.4. The third-order valence-electron chi connectivity index (χ3n) is 7.56. The van der Waals surface area contributed by atoms with Crippen molar-refractivity contribution in [3.8, 4) is 11.5 Å². The number of carbonyl (C=O) groups is 2. The van der Waals surface area contributed by atoms with Crippen LogP contribution >= 0.6 is 0 Å². The number of ether oxygens (including phenoxy) is 2. The molecule has 0 aromatic heterocycles. The molecule has 5 rings (SSSR count). The molecule has 7 heteroatoms. The van der Waals surface area contributed by atoms with E-state index >= 15 is 0 Å². The Hall–Kier alpha value is -4.00. The Labute approximate surface area is 224 Å². The van der Waals surface area contributed by atoms with Crippen molar-refractivity contribution in [1.29, 1.82) is 0 Å². The maximum Gasteiger partial charge on any atom is 0.256 e. The van der Waals surface area contributed by atoms with Crippen molar-refractivity contribution in [2.45, 2.75) is 50.7 Å². The molecular formula is C31H35N3O4. The molecule has 1 heterocycles. The van der Waals surface area contributed by atoms with Crippen LogP contribution < -0.4 is 20.1 Å². The van der Waals surface area contributed by atoms with Crippen LogP contribution in [0.25, 0.3) is 0 Å². The molecule has 0 radical (unpaired) electrons. The summed E-state index contributed by atoms with van der Waals surface area (Å²) in [5.74, 6) is 1.34. The van der Waals surface area contributed by atoms with Crippen LogP contribution in [0, 0.1) is 0 Å². The molecule has 198 valence electrons. The molecule has 1 aliphatic carbocycles. The van der Waals surface area contributed by atoms with Gasteiger partial charge in [0.2, 0.25) is 0 Å². The maximum atomic E-state index is 13.3. The van der Waals surface area contributed by atoms with E-state index in [2.05, 4.69) is 10.6 Å². The lowest BCUT2D eigenvalue weighted by Crippen LogP contribution is -2.42.